The first kappa shape index (κ1) is 39.0. The molecule has 4 aromatic rings. The summed E-state index contributed by atoms with van der Waals surface area (Å²) in [6.07, 6.45) is 2.68. The number of aromatic amines is 1. The van der Waals surface area contributed by atoms with Gasteiger partial charge in [-0.05, 0) is 137 Å². The minimum atomic E-state index is -4.64. The predicted molar refractivity (Wildman–Crippen MR) is 204 cm³/mol. The summed E-state index contributed by atoms with van der Waals surface area (Å²) in [4.78, 5) is 48.4. The van der Waals surface area contributed by atoms with Crippen molar-refractivity contribution >= 4 is 34.4 Å². The molecule has 3 aromatic carbocycles. The molecule has 0 aliphatic heterocycles. The third kappa shape index (κ3) is 9.48. The highest BCUT2D eigenvalue weighted by Crippen LogP contribution is 2.31. The maximum atomic E-state index is 13.7. The van der Waals surface area contributed by atoms with Crippen LogP contribution in [0.15, 0.2) is 60.7 Å². The second-order valence-electron chi connectivity index (χ2n) is 15.2. The molecule has 0 saturated heterocycles. The fourth-order valence-corrected chi connectivity index (χ4v) is 7.80. The maximum Gasteiger partial charge on any atom is 0.449 e. The van der Waals surface area contributed by atoms with Crippen molar-refractivity contribution in [3.63, 3.8) is 0 Å². The first-order chi connectivity index (χ1) is 25.8. The molecule has 1 aromatic heterocycles. The molecule has 13 heteroatoms. The number of imidazole rings is 1. The average Bonchev–Trinajstić information content (AvgIpc) is 3.60. The van der Waals surface area contributed by atoms with Gasteiger partial charge in [0, 0.05) is 35.7 Å². The zero-order valence-corrected chi connectivity index (χ0v) is 31.1. The topological polar surface area (TPSA) is 145 Å². The number of alkyl halides is 3. The number of carbonyl (C=O) groups excluding carboxylic acids is 3. The number of nitrogens with one attached hydrogen (secondary N) is 4. The Hall–Kier alpha value is -4.75. The van der Waals surface area contributed by atoms with Crippen LogP contribution >= 0.6 is 0 Å². The van der Waals surface area contributed by atoms with Crippen molar-refractivity contribution in [1.29, 1.82) is 0 Å². The van der Waals surface area contributed by atoms with Crippen LogP contribution in [0.5, 0.6) is 0 Å². The van der Waals surface area contributed by atoms with Crippen molar-refractivity contribution in [2.24, 2.45) is 17.6 Å². The summed E-state index contributed by atoms with van der Waals surface area (Å²) in [6, 6.07) is 17.5. The molecular formula is C41H50F3N7O3. The standard InChI is InChI=1S/C41H50F3N7O3/c1-24-20-29(38(53)46-30-13-16-32(17-14-30)51(2)3)12-18-33(24)27-8-4-25(5-9-27)21-36(48-37(52)28-10-6-26(23-45)7-11-28)39(54)47-31-15-19-34-35(22-31)50-40(49-34)41(42,43)44/h4-5,8-9,12,15,18-20,22,26,28,30,32,36H,6-7,10-11,13-14,16-17,21,23,45H2,1-3H3,(H,46,53)(H,47,54)(H,48,52)(H,49,50)/t26?,28?,30?,32?,36-/m0/s1. The first-order valence-electron chi connectivity index (χ1n) is 18.8. The summed E-state index contributed by atoms with van der Waals surface area (Å²) in [5.41, 5.74) is 10.7. The van der Waals surface area contributed by atoms with Crippen LogP contribution in [0.3, 0.4) is 0 Å². The minimum Gasteiger partial charge on any atom is -0.349 e. The van der Waals surface area contributed by atoms with Gasteiger partial charge in [0.25, 0.3) is 5.91 Å². The van der Waals surface area contributed by atoms with Crippen LogP contribution in [0.1, 0.15) is 78.7 Å². The molecule has 1 heterocycles. The van der Waals surface area contributed by atoms with Crippen LogP contribution in [-0.2, 0) is 22.2 Å². The Morgan fingerprint density at radius 2 is 1.63 bits per heavy atom. The zero-order chi connectivity index (χ0) is 38.6. The van der Waals surface area contributed by atoms with Crippen LogP contribution in [0.25, 0.3) is 22.2 Å². The van der Waals surface area contributed by atoms with E-state index in [9.17, 15) is 27.6 Å². The Morgan fingerprint density at radius 3 is 2.26 bits per heavy atom. The molecule has 10 nitrogen and oxygen atoms in total. The highest BCUT2D eigenvalue weighted by molar-refractivity contribution is 5.99. The van der Waals surface area contributed by atoms with Crippen LogP contribution < -0.4 is 21.7 Å². The third-order valence-electron chi connectivity index (χ3n) is 11.2. The van der Waals surface area contributed by atoms with Gasteiger partial charge in [-0.3, -0.25) is 14.4 Å². The number of amides is 3. The molecule has 2 aliphatic rings. The van der Waals surface area contributed by atoms with Gasteiger partial charge in [0.15, 0.2) is 0 Å². The number of aryl methyl sites for hydroxylation is 1. The smallest absolute Gasteiger partial charge is 0.349 e. The quantitative estimate of drug-likeness (QED) is 0.117. The molecule has 2 aliphatic carbocycles. The number of nitrogens with zero attached hydrogens (tertiary/aromatic N) is 2. The van der Waals surface area contributed by atoms with E-state index in [0.29, 0.717) is 36.9 Å². The van der Waals surface area contributed by atoms with E-state index in [2.05, 4.69) is 44.9 Å². The number of nitrogens with two attached hydrogens (primary N) is 1. The van der Waals surface area contributed by atoms with Crippen molar-refractivity contribution in [2.45, 2.75) is 89.0 Å². The monoisotopic (exact) mass is 745 g/mol. The molecule has 288 valence electrons. The number of rotatable bonds is 11. The Kier molecular flexibility index (Phi) is 12.1. The molecule has 0 unspecified atom stereocenters. The van der Waals surface area contributed by atoms with E-state index in [-0.39, 0.29) is 46.9 Å². The fraction of sp³-hybridized carbons (Fsp3) is 0.463. The number of benzene rings is 3. The van der Waals surface area contributed by atoms with E-state index in [1.165, 1.54) is 18.2 Å². The van der Waals surface area contributed by atoms with Gasteiger partial charge in [0.1, 0.15) is 6.04 Å². The number of hydrogen-bond acceptors (Lipinski definition) is 6. The summed E-state index contributed by atoms with van der Waals surface area (Å²) < 4.78 is 39.7. The van der Waals surface area contributed by atoms with Crippen molar-refractivity contribution in [2.75, 3.05) is 26.0 Å². The second-order valence-corrected chi connectivity index (χ2v) is 15.2. The van der Waals surface area contributed by atoms with Gasteiger partial charge < -0.3 is 31.6 Å². The largest absolute Gasteiger partial charge is 0.449 e. The van der Waals surface area contributed by atoms with E-state index >= 15 is 0 Å². The number of fused-ring (bicyclic) bond motifs is 1. The molecule has 0 bridgehead atoms. The van der Waals surface area contributed by atoms with Gasteiger partial charge in [-0.2, -0.15) is 13.2 Å². The van der Waals surface area contributed by atoms with Crippen molar-refractivity contribution < 1.29 is 27.6 Å². The summed E-state index contributed by atoms with van der Waals surface area (Å²) in [5, 5.41) is 8.96. The van der Waals surface area contributed by atoms with E-state index < -0.39 is 23.9 Å². The molecule has 3 amide bonds. The molecule has 1 atom stereocenters. The van der Waals surface area contributed by atoms with Crippen molar-refractivity contribution in [1.82, 2.24) is 25.5 Å². The van der Waals surface area contributed by atoms with E-state index in [1.54, 1.807) is 0 Å². The van der Waals surface area contributed by atoms with Gasteiger partial charge >= 0.3 is 6.18 Å². The number of H-pyrrole nitrogens is 1. The number of halogens is 3. The lowest BCUT2D eigenvalue weighted by Gasteiger charge is -2.33. The van der Waals surface area contributed by atoms with Gasteiger partial charge in [-0.15, -0.1) is 0 Å². The lowest BCUT2D eigenvalue weighted by atomic mass is 9.81. The lowest BCUT2D eigenvalue weighted by molar-refractivity contribution is -0.144. The fourth-order valence-electron chi connectivity index (χ4n) is 7.80. The Balaban J connectivity index is 1.14. The Bertz CT molecular complexity index is 1940. The van der Waals surface area contributed by atoms with Crippen LogP contribution in [-0.4, -0.2) is 71.4 Å². The average molecular weight is 746 g/mol. The SMILES string of the molecule is Cc1cc(C(=O)NC2CCC(N(C)C)CC2)ccc1-c1ccc(C[C@H](NC(=O)C2CCC(CN)CC2)C(=O)Nc2ccc3nc(C(F)(F)F)[nH]c3c2)cc1. The number of anilines is 1. The molecule has 54 heavy (non-hydrogen) atoms. The van der Waals surface area contributed by atoms with Crippen LogP contribution in [0.2, 0.25) is 0 Å². The van der Waals surface area contributed by atoms with Crippen LogP contribution in [0, 0.1) is 18.8 Å². The van der Waals surface area contributed by atoms with Crippen molar-refractivity contribution in [3.8, 4) is 11.1 Å². The van der Waals surface area contributed by atoms with Gasteiger partial charge in [0.2, 0.25) is 17.6 Å². The van der Waals surface area contributed by atoms with Crippen molar-refractivity contribution in [3.05, 3.63) is 83.2 Å². The van der Waals surface area contributed by atoms with Crippen LogP contribution in [0.4, 0.5) is 18.9 Å². The Labute approximate surface area is 313 Å². The molecule has 2 fully saturated rings. The summed E-state index contributed by atoms with van der Waals surface area (Å²) in [6.45, 7) is 2.56. The normalized spacial score (nSPS) is 21.1. The minimum absolute atomic E-state index is 0.0670. The molecule has 6 rings (SSSR count). The lowest BCUT2D eigenvalue weighted by Crippen LogP contribution is -2.48. The maximum absolute atomic E-state index is 13.7. The summed E-state index contributed by atoms with van der Waals surface area (Å²) in [7, 11) is 4.20. The highest BCUT2D eigenvalue weighted by atomic mass is 19.4. The van der Waals surface area contributed by atoms with Gasteiger partial charge in [-0.1, -0.05) is 30.3 Å². The first-order valence-corrected chi connectivity index (χ1v) is 18.8. The summed E-state index contributed by atoms with van der Waals surface area (Å²) >= 11 is 0. The third-order valence-corrected chi connectivity index (χ3v) is 11.2. The molecule has 0 radical (unpaired) electrons. The predicted octanol–water partition coefficient (Wildman–Crippen LogP) is 6.59. The molecular weight excluding hydrogens is 695 g/mol. The van der Waals surface area contributed by atoms with Gasteiger partial charge in [0.05, 0.1) is 11.0 Å². The van der Waals surface area contributed by atoms with E-state index in [1.807, 2.05) is 49.4 Å². The number of carbonyl (C=O) groups is 3. The second kappa shape index (κ2) is 16.7. The number of aromatic nitrogens is 2. The zero-order valence-electron chi connectivity index (χ0n) is 31.1. The van der Waals surface area contributed by atoms with Gasteiger partial charge in [-0.25, -0.2) is 4.98 Å². The molecule has 0 spiro atoms. The molecule has 6 N–H and O–H groups in total. The van der Waals surface area contributed by atoms with E-state index in [0.717, 1.165) is 60.8 Å². The Morgan fingerprint density at radius 1 is 0.926 bits per heavy atom. The highest BCUT2D eigenvalue weighted by Gasteiger charge is 2.35. The molecule has 2 saturated carbocycles. The summed E-state index contributed by atoms with van der Waals surface area (Å²) in [5.74, 6) is -1.74. The van der Waals surface area contributed by atoms with E-state index in [4.69, 9.17) is 5.73 Å². The number of hydrogen-bond donors (Lipinski definition) is 5.